The predicted molar refractivity (Wildman–Crippen MR) is 98.9 cm³/mol. The van der Waals surface area contributed by atoms with Crippen molar-refractivity contribution in [1.29, 1.82) is 0 Å². The van der Waals surface area contributed by atoms with E-state index in [-0.39, 0.29) is 23.8 Å². The van der Waals surface area contributed by atoms with E-state index in [0.29, 0.717) is 35.2 Å². The molecule has 7 nitrogen and oxygen atoms in total. The minimum absolute atomic E-state index is 0.113. The summed E-state index contributed by atoms with van der Waals surface area (Å²) in [5.41, 5.74) is 0.525. The number of carbonyl (C=O) groups is 2. The predicted octanol–water partition coefficient (Wildman–Crippen LogP) is 1.90. The van der Waals surface area contributed by atoms with Crippen LogP contribution in [0.5, 0.6) is 11.5 Å². The lowest BCUT2D eigenvalue weighted by atomic mass is 10.1. The Morgan fingerprint density at radius 3 is 2.50 bits per heavy atom. The third-order valence-corrected chi connectivity index (χ3v) is 4.95. The number of likely N-dealkylation sites (tertiary alicyclic amines) is 1. The molecule has 26 heavy (non-hydrogen) atoms. The van der Waals surface area contributed by atoms with Gasteiger partial charge in [0.05, 0.1) is 31.0 Å². The van der Waals surface area contributed by atoms with Crippen LogP contribution < -0.4 is 20.1 Å². The minimum Gasteiger partial charge on any atom is -0.495 e. The lowest BCUT2D eigenvalue weighted by Crippen LogP contribution is -2.59. The van der Waals surface area contributed by atoms with Gasteiger partial charge in [-0.1, -0.05) is 11.6 Å². The molecule has 1 aliphatic heterocycles. The second-order valence-electron chi connectivity index (χ2n) is 6.72. The van der Waals surface area contributed by atoms with Crippen molar-refractivity contribution in [2.45, 2.75) is 25.3 Å². The fourth-order valence-corrected chi connectivity index (χ4v) is 3.17. The van der Waals surface area contributed by atoms with Gasteiger partial charge in [0.2, 0.25) is 11.8 Å². The van der Waals surface area contributed by atoms with Crippen LogP contribution in [0.1, 0.15) is 19.3 Å². The van der Waals surface area contributed by atoms with Gasteiger partial charge in [-0.05, 0) is 12.8 Å². The lowest BCUT2D eigenvalue weighted by Gasteiger charge is -2.39. The maximum atomic E-state index is 12.2. The Morgan fingerprint density at radius 1 is 1.19 bits per heavy atom. The maximum Gasteiger partial charge on any atom is 0.225 e. The number of amides is 2. The molecule has 1 aromatic rings. The fourth-order valence-electron chi connectivity index (χ4n) is 2.94. The molecule has 2 N–H and O–H groups in total. The summed E-state index contributed by atoms with van der Waals surface area (Å²) < 4.78 is 10.4. The van der Waals surface area contributed by atoms with Crippen LogP contribution in [0.2, 0.25) is 5.02 Å². The average molecular weight is 382 g/mol. The molecule has 0 bridgehead atoms. The van der Waals surface area contributed by atoms with Crippen molar-refractivity contribution >= 4 is 29.1 Å². The molecule has 8 heteroatoms. The van der Waals surface area contributed by atoms with Gasteiger partial charge in [0.25, 0.3) is 0 Å². The van der Waals surface area contributed by atoms with Crippen molar-refractivity contribution in [2.24, 2.45) is 5.92 Å². The Labute approximate surface area is 158 Å². The van der Waals surface area contributed by atoms with Crippen LogP contribution in [0.3, 0.4) is 0 Å². The summed E-state index contributed by atoms with van der Waals surface area (Å²) >= 11 is 6.06. The van der Waals surface area contributed by atoms with Crippen molar-refractivity contribution in [2.75, 3.05) is 39.2 Å². The average Bonchev–Trinajstić information content (AvgIpc) is 3.42. The first-order valence-corrected chi connectivity index (χ1v) is 9.12. The second-order valence-corrected chi connectivity index (χ2v) is 7.13. The first kappa shape index (κ1) is 18.8. The van der Waals surface area contributed by atoms with Crippen LogP contribution >= 0.6 is 11.6 Å². The zero-order valence-corrected chi connectivity index (χ0v) is 15.8. The monoisotopic (exact) mass is 381 g/mol. The van der Waals surface area contributed by atoms with Crippen LogP contribution in [0.4, 0.5) is 5.69 Å². The van der Waals surface area contributed by atoms with Gasteiger partial charge >= 0.3 is 0 Å². The lowest BCUT2D eigenvalue weighted by molar-refractivity contribution is -0.124. The second kappa shape index (κ2) is 8.14. The number of benzene rings is 1. The summed E-state index contributed by atoms with van der Waals surface area (Å²) in [6, 6.07) is 3.47. The first-order valence-electron chi connectivity index (χ1n) is 8.74. The van der Waals surface area contributed by atoms with Crippen molar-refractivity contribution in [3.8, 4) is 11.5 Å². The molecule has 1 saturated carbocycles. The van der Waals surface area contributed by atoms with Gasteiger partial charge in [-0.25, -0.2) is 0 Å². The maximum absolute atomic E-state index is 12.2. The molecule has 1 aliphatic carbocycles. The summed E-state index contributed by atoms with van der Waals surface area (Å²) in [7, 11) is 3.03. The highest BCUT2D eigenvalue weighted by Gasteiger charge is 2.34. The van der Waals surface area contributed by atoms with Crippen LogP contribution in [0.15, 0.2) is 12.1 Å². The van der Waals surface area contributed by atoms with Gasteiger partial charge in [0, 0.05) is 44.1 Å². The summed E-state index contributed by atoms with van der Waals surface area (Å²) in [5, 5.41) is 6.30. The van der Waals surface area contributed by atoms with Crippen LogP contribution in [0.25, 0.3) is 0 Å². The largest absolute Gasteiger partial charge is 0.495 e. The number of methoxy groups -OCH3 is 2. The molecular weight excluding hydrogens is 358 g/mol. The van der Waals surface area contributed by atoms with E-state index in [2.05, 4.69) is 15.5 Å². The van der Waals surface area contributed by atoms with Crippen molar-refractivity contribution in [3.05, 3.63) is 17.2 Å². The van der Waals surface area contributed by atoms with Gasteiger partial charge in [-0.15, -0.1) is 0 Å². The third-order valence-electron chi connectivity index (χ3n) is 4.65. The van der Waals surface area contributed by atoms with E-state index in [1.54, 1.807) is 12.1 Å². The zero-order valence-electron chi connectivity index (χ0n) is 15.0. The van der Waals surface area contributed by atoms with E-state index in [9.17, 15) is 9.59 Å². The van der Waals surface area contributed by atoms with E-state index in [0.717, 1.165) is 25.9 Å². The molecule has 3 rings (SSSR count). The topological polar surface area (TPSA) is 79.9 Å². The van der Waals surface area contributed by atoms with Crippen molar-refractivity contribution in [1.82, 2.24) is 10.2 Å². The standard InChI is InChI=1S/C18H24ClN3O4/c1-25-15-8-14(16(26-2)7-13(15)19)21-17(23)5-6-22-9-12(10-22)20-18(24)11-3-4-11/h7-8,11-12H,3-6,9-10H2,1-2H3,(H,20,24)(H,21,23). The summed E-state index contributed by atoms with van der Waals surface area (Å²) in [6.07, 6.45) is 2.39. The number of anilines is 1. The molecule has 142 valence electrons. The van der Waals surface area contributed by atoms with Crippen molar-refractivity contribution < 1.29 is 19.1 Å². The number of hydrogen-bond acceptors (Lipinski definition) is 5. The van der Waals surface area contributed by atoms with E-state index in [1.807, 2.05) is 0 Å². The van der Waals surface area contributed by atoms with Gasteiger partial charge in [0.1, 0.15) is 11.5 Å². The third kappa shape index (κ3) is 4.59. The number of rotatable bonds is 8. The number of nitrogens with zero attached hydrogens (tertiary/aromatic N) is 1. The van der Waals surface area contributed by atoms with Crippen LogP contribution in [-0.2, 0) is 9.59 Å². The van der Waals surface area contributed by atoms with Gasteiger partial charge in [0.15, 0.2) is 0 Å². The summed E-state index contributed by atoms with van der Waals surface area (Å²) in [5.74, 6) is 1.26. The Bertz CT molecular complexity index is 687. The number of nitrogens with one attached hydrogen (secondary N) is 2. The Hall–Kier alpha value is -1.99. The number of carbonyl (C=O) groups excluding carboxylic acids is 2. The molecule has 1 heterocycles. The normalized spacial score (nSPS) is 17.3. The van der Waals surface area contributed by atoms with E-state index in [4.69, 9.17) is 21.1 Å². The highest BCUT2D eigenvalue weighted by Crippen LogP contribution is 2.36. The minimum atomic E-state index is -0.113. The molecular formula is C18H24ClN3O4. The molecule has 0 radical (unpaired) electrons. The highest BCUT2D eigenvalue weighted by atomic mass is 35.5. The van der Waals surface area contributed by atoms with Gasteiger partial charge in [-0.2, -0.15) is 0 Å². The van der Waals surface area contributed by atoms with E-state index >= 15 is 0 Å². The Kier molecular flexibility index (Phi) is 5.88. The van der Waals surface area contributed by atoms with Gasteiger partial charge in [-0.3, -0.25) is 14.5 Å². The Balaban J connectivity index is 1.43. The molecule has 0 atom stereocenters. The molecule has 2 aliphatic rings. The van der Waals surface area contributed by atoms with Gasteiger partial charge < -0.3 is 20.1 Å². The zero-order chi connectivity index (χ0) is 18.7. The number of halogens is 1. The Morgan fingerprint density at radius 2 is 1.88 bits per heavy atom. The smallest absolute Gasteiger partial charge is 0.225 e. The SMILES string of the molecule is COc1cc(NC(=O)CCN2CC(NC(=O)C3CC3)C2)c(OC)cc1Cl. The van der Waals surface area contributed by atoms with E-state index in [1.165, 1.54) is 14.2 Å². The summed E-state index contributed by atoms with van der Waals surface area (Å²) in [6.45, 7) is 2.24. The molecule has 1 aromatic carbocycles. The molecule has 0 aromatic heterocycles. The highest BCUT2D eigenvalue weighted by molar-refractivity contribution is 6.32. The molecule has 1 saturated heterocycles. The fraction of sp³-hybridized carbons (Fsp3) is 0.556. The quantitative estimate of drug-likeness (QED) is 0.719. The van der Waals surface area contributed by atoms with Crippen LogP contribution in [-0.4, -0.2) is 56.6 Å². The first-order chi connectivity index (χ1) is 12.5. The number of hydrogen-bond donors (Lipinski definition) is 2. The number of ether oxygens (including phenoxy) is 2. The van der Waals surface area contributed by atoms with Crippen LogP contribution in [0, 0.1) is 5.92 Å². The van der Waals surface area contributed by atoms with E-state index < -0.39 is 0 Å². The molecule has 2 fully saturated rings. The van der Waals surface area contributed by atoms with Crippen molar-refractivity contribution in [3.63, 3.8) is 0 Å². The molecule has 0 unspecified atom stereocenters. The molecule has 0 spiro atoms. The molecule has 2 amide bonds. The summed E-state index contributed by atoms with van der Waals surface area (Å²) in [4.78, 5) is 26.1.